The maximum absolute atomic E-state index is 13.8. The lowest BCUT2D eigenvalue weighted by Gasteiger charge is -2.39. The number of carbonyl (C=O) groups excluding carboxylic acids is 1. The molecule has 1 amide bonds. The van der Waals surface area contributed by atoms with Gasteiger partial charge in [0.15, 0.2) is 6.20 Å². The number of amides is 1. The van der Waals surface area contributed by atoms with Crippen molar-refractivity contribution in [3.05, 3.63) is 142 Å². The van der Waals surface area contributed by atoms with E-state index in [2.05, 4.69) is 37.3 Å². The number of benzene rings is 3. The van der Waals surface area contributed by atoms with Crippen molar-refractivity contribution in [3.8, 4) is 0 Å². The van der Waals surface area contributed by atoms with Crippen LogP contribution in [0, 0.1) is 12.1 Å². The number of hydrogen-bond acceptors (Lipinski definition) is 4. The van der Waals surface area contributed by atoms with E-state index < -0.39 is 5.60 Å². The fourth-order valence-electron chi connectivity index (χ4n) is 5.78. The monoisotopic (exact) mass is 518 g/mol. The summed E-state index contributed by atoms with van der Waals surface area (Å²) in [7, 11) is 0. The summed E-state index contributed by atoms with van der Waals surface area (Å²) in [5.74, 6) is 0.327. The molecule has 3 aromatic carbocycles. The lowest BCUT2D eigenvalue weighted by Crippen LogP contribution is -2.41. The van der Waals surface area contributed by atoms with Gasteiger partial charge in [-0.2, -0.15) is 4.73 Å². The molecule has 39 heavy (non-hydrogen) atoms. The first-order valence-corrected chi connectivity index (χ1v) is 13.2. The fourth-order valence-corrected chi connectivity index (χ4v) is 5.78. The van der Waals surface area contributed by atoms with Gasteiger partial charge in [0, 0.05) is 24.1 Å². The molecule has 0 saturated carbocycles. The van der Waals surface area contributed by atoms with Crippen molar-refractivity contribution in [2.75, 3.05) is 6.54 Å². The van der Waals surface area contributed by atoms with Crippen LogP contribution in [0.2, 0.25) is 0 Å². The molecule has 6 nitrogen and oxygen atoms in total. The van der Waals surface area contributed by atoms with E-state index in [1.54, 1.807) is 31.2 Å². The van der Waals surface area contributed by atoms with Gasteiger partial charge in [0.05, 0.1) is 12.5 Å². The second-order valence-corrected chi connectivity index (χ2v) is 10.4. The summed E-state index contributed by atoms with van der Waals surface area (Å²) in [5.41, 5.74) is 4.82. The molecule has 0 spiro atoms. The Balaban J connectivity index is 1.30. The summed E-state index contributed by atoms with van der Waals surface area (Å²) in [5, 5.41) is 24.2. The summed E-state index contributed by atoms with van der Waals surface area (Å²) in [4.78, 5) is 15.8. The van der Waals surface area contributed by atoms with Gasteiger partial charge in [0.2, 0.25) is 17.2 Å². The highest BCUT2D eigenvalue weighted by molar-refractivity contribution is 5.84. The van der Waals surface area contributed by atoms with Crippen molar-refractivity contribution in [3.63, 3.8) is 0 Å². The minimum absolute atomic E-state index is 0.0597. The third-order valence-corrected chi connectivity index (χ3v) is 7.80. The van der Waals surface area contributed by atoms with Gasteiger partial charge in [0.1, 0.15) is 11.3 Å². The fraction of sp³-hybridized carbons (Fsp3) is 0.212. The summed E-state index contributed by atoms with van der Waals surface area (Å²) in [6, 6.07) is 28.7. The number of furan rings is 1. The van der Waals surface area contributed by atoms with Crippen LogP contribution in [-0.2, 0) is 23.2 Å². The molecule has 3 heterocycles. The minimum atomic E-state index is -1.61. The van der Waals surface area contributed by atoms with E-state index in [9.17, 15) is 15.1 Å². The number of nitrogens with zero attached hydrogens (tertiary/aromatic N) is 2. The summed E-state index contributed by atoms with van der Waals surface area (Å²) in [6.45, 7) is 4.31. The molecule has 2 unspecified atom stereocenters. The first kappa shape index (κ1) is 24.9. The highest BCUT2D eigenvalue weighted by Crippen LogP contribution is 2.38. The number of pyridine rings is 1. The van der Waals surface area contributed by atoms with Gasteiger partial charge in [-0.25, -0.2) is 0 Å². The number of fused-ring (bicyclic) bond motifs is 2. The molecular weight excluding hydrogens is 488 g/mol. The summed E-state index contributed by atoms with van der Waals surface area (Å²) < 4.78 is 6.59. The van der Waals surface area contributed by atoms with E-state index >= 15 is 0 Å². The molecule has 1 N–H and O–H groups in total. The smallest absolute Gasteiger partial charge is 0.232 e. The maximum atomic E-state index is 13.8. The van der Waals surface area contributed by atoms with Crippen LogP contribution in [0.1, 0.15) is 52.2 Å². The van der Waals surface area contributed by atoms with E-state index in [1.165, 1.54) is 22.9 Å². The first-order valence-electron chi connectivity index (χ1n) is 13.2. The van der Waals surface area contributed by atoms with Crippen molar-refractivity contribution >= 4 is 16.9 Å². The molecule has 1 aliphatic heterocycles. The van der Waals surface area contributed by atoms with Gasteiger partial charge in [-0.15, -0.1) is 0 Å². The van der Waals surface area contributed by atoms with E-state index in [0.717, 1.165) is 22.9 Å². The molecule has 0 aliphatic carbocycles. The third kappa shape index (κ3) is 4.47. The Morgan fingerprint density at radius 2 is 1.85 bits per heavy atom. The Labute approximate surface area is 227 Å². The molecule has 5 aromatic rings. The lowest BCUT2D eigenvalue weighted by molar-refractivity contribution is -0.621. The molecule has 0 bridgehead atoms. The van der Waals surface area contributed by atoms with E-state index in [-0.39, 0.29) is 29.8 Å². The van der Waals surface area contributed by atoms with Crippen LogP contribution in [0.15, 0.2) is 102 Å². The Morgan fingerprint density at radius 1 is 1.05 bits per heavy atom. The van der Waals surface area contributed by atoms with Gasteiger partial charge in [-0.05, 0) is 72.4 Å². The molecule has 2 atom stereocenters. The van der Waals surface area contributed by atoms with Gasteiger partial charge >= 0.3 is 0 Å². The molecule has 6 rings (SSSR count). The SMILES string of the molecule is Cc1cccc2c1C(c1ccccc1)N(C(=O)Cc1ccc3oc(C(C)(O)c4cccc[n+]4[O-])cc3c1)CC2. The van der Waals surface area contributed by atoms with Crippen LogP contribution >= 0.6 is 0 Å². The second kappa shape index (κ2) is 9.71. The normalized spacial score (nSPS) is 16.6. The summed E-state index contributed by atoms with van der Waals surface area (Å²) >= 11 is 0. The molecule has 1 aliphatic rings. The molecule has 2 aromatic heterocycles. The van der Waals surface area contributed by atoms with Crippen LogP contribution in [0.4, 0.5) is 0 Å². The van der Waals surface area contributed by atoms with Gasteiger partial charge in [-0.1, -0.05) is 54.6 Å². The van der Waals surface area contributed by atoms with Gasteiger partial charge in [-0.3, -0.25) is 4.79 Å². The Hall–Kier alpha value is -4.42. The zero-order valence-corrected chi connectivity index (χ0v) is 22.0. The van der Waals surface area contributed by atoms with E-state index in [0.29, 0.717) is 16.9 Å². The van der Waals surface area contributed by atoms with Crippen molar-refractivity contribution in [2.24, 2.45) is 0 Å². The molecule has 196 valence electrons. The Kier molecular flexibility index (Phi) is 6.20. The van der Waals surface area contributed by atoms with Crippen LogP contribution in [0.3, 0.4) is 0 Å². The van der Waals surface area contributed by atoms with E-state index in [4.69, 9.17) is 4.42 Å². The number of aryl methyl sites for hydroxylation is 1. The average molecular weight is 519 g/mol. The zero-order chi connectivity index (χ0) is 27.1. The zero-order valence-electron chi connectivity index (χ0n) is 22.0. The topological polar surface area (TPSA) is 80.6 Å². The largest absolute Gasteiger partial charge is 0.618 e. The third-order valence-electron chi connectivity index (χ3n) is 7.80. The molecule has 0 radical (unpaired) electrons. The molecule has 6 heteroatoms. The maximum Gasteiger partial charge on any atom is 0.232 e. The Morgan fingerprint density at radius 3 is 2.64 bits per heavy atom. The summed E-state index contributed by atoms with van der Waals surface area (Å²) in [6.07, 6.45) is 2.42. The predicted octanol–water partition coefficient (Wildman–Crippen LogP) is 5.35. The van der Waals surface area contributed by atoms with Crippen LogP contribution in [0.5, 0.6) is 0 Å². The number of aromatic nitrogens is 1. The van der Waals surface area contributed by atoms with Gasteiger partial charge in [0.25, 0.3) is 0 Å². The van der Waals surface area contributed by atoms with Crippen LogP contribution in [-0.4, -0.2) is 22.5 Å². The predicted molar refractivity (Wildman–Crippen MR) is 149 cm³/mol. The number of carbonyl (C=O) groups is 1. The number of rotatable bonds is 5. The van der Waals surface area contributed by atoms with E-state index in [1.807, 2.05) is 41.3 Å². The molecule has 0 fully saturated rings. The highest BCUT2D eigenvalue weighted by atomic mass is 16.5. The lowest BCUT2D eigenvalue weighted by atomic mass is 9.85. The van der Waals surface area contributed by atoms with Gasteiger partial charge < -0.3 is 19.6 Å². The molecule has 0 saturated heterocycles. The number of aliphatic hydroxyl groups is 1. The van der Waals surface area contributed by atoms with Crippen molar-refractivity contribution in [1.82, 2.24) is 4.90 Å². The van der Waals surface area contributed by atoms with Crippen molar-refractivity contribution < 1.29 is 19.0 Å². The van der Waals surface area contributed by atoms with Crippen molar-refractivity contribution in [1.29, 1.82) is 0 Å². The van der Waals surface area contributed by atoms with Crippen LogP contribution < -0.4 is 4.73 Å². The highest BCUT2D eigenvalue weighted by Gasteiger charge is 2.37. The average Bonchev–Trinajstić information content (AvgIpc) is 3.38. The first-order chi connectivity index (χ1) is 18.8. The molecular formula is C33H30N2O4. The second-order valence-electron chi connectivity index (χ2n) is 10.4. The van der Waals surface area contributed by atoms with Crippen molar-refractivity contribution in [2.45, 2.75) is 38.3 Å². The number of hydrogen-bond donors (Lipinski definition) is 1. The van der Waals surface area contributed by atoms with Crippen LogP contribution in [0.25, 0.3) is 11.0 Å². The standard InChI is InChI=1S/C33H30N2O4/c1-22-9-8-12-24-16-18-34(32(31(22)24)25-10-4-3-5-11-25)30(36)20-23-14-15-27-26(19-23)21-29(39-27)33(2,37)28-13-6-7-17-35(28)38/h3-15,17,19,21,32,37H,16,18,20H2,1-2H3. The Bertz CT molecular complexity index is 1670. The minimum Gasteiger partial charge on any atom is -0.618 e. The quantitative estimate of drug-likeness (QED) is 0.251.